The second-order valence-electron chi connectivity index (χ2n) is 9.28. The molecule has 2 aliphatic heterocycles. The van der Waals surface area contributed by atoms with Crippen LogP contribution in [0.15, 0.2) is 42.5 Å². The number of hydrogen-bond acceptors (Lipinski definition) is 4. The van der Waals surface area contributed by atoms with Gasteiger partial charge < -0.3 is 20.6 Å². The van der Waals surface area contributed by atoms with Crippen LogP contribution in [0.25, 0.3) is 22.3 Å². The van der Waals surface area contributed by atoms with Gasteiger partial charge in [0.15, 0.2) is 0 Å². The van der Waals surface area contributed by atoms with Gasteiger partial charge in [0.2, 0.25) is 0 Å². The van der Waals surface area contributed by atoms with Crippen LogP contribution in [0.5, 0.6) is 0 Å². The number of H-pyrrole nitrogens is 2. The molecule has 0 bridgehead atoms. The van der Waals surface area contributed by atoms with Gasteiger partial charge in [-0.3, -0.25) is 0 Å². The lowest BCUT2D eigenvalue weighted by atomic mass is 10.1. The van der Waals surface area contributed by atoms with Crippen LogP contribution in [-0.2, 0) is 6.42 Å². The SMILES string of the molecule is CCc1[nH]c([C@@H]2CCCN2)nc1-c1ccc(C#Cc2ccc3nc([C@@H]4CCCN4)[nH]c3c2)cc1. The van der Waals surface area contributed by atoms with Crippen LogP contribution in [0.1, 0.15) is 73.2 Å². The Morgan fingerprint density at radius 2 is 1.50 bits per heavy atom. The van der Waals surface area contributed by atoms with E-state index in [0.717, 1.165) is 77.4 Å². The van der Waals surface area contributed by atoms with Crippen LogP contribution in [0, 0.1) is 11.8 Å². The van der Waals surface area contributed by atoms with Crippen LogP contribution in [-0.4, -0.2) is 33.0 Å². The third kappa shape index (κ3) is 4.13. The van der Waals surface area contributed by atoms with E-state index in [1.54, 1.807) is 0 Å². The molecule has 172 valence electrons. The molecular weight excluding hydrogens is 420 g/mol. The largest absolute Gasteiger partial charge is 0.344 e. The summed E-state index contributed by atoms with van der Waals surface area (Å²) in [5.74, 6) is 8.72. The smallest absolute Gasteiger partial charge is 0.124 e. The van der Waals surface area contributed by atoms with Crippen molar-refractivity contribution in [2.75, 3.05) is 13.1 Å². The quantitative estimate of drug-likeness (QED) is 0.338. The minimum Gasteiger partial charge on any atom is -0.344 e. The molecule has 2 fully saturated rings. The van der Waals surface area contributed by atoms with Gasteiger partial charge in [-0.25, -0.2) is 9.97 Å². The normalized spacial score (nSPS) is 20.0. The van der Waals surface area contributed by atoms with Crippen molar-refractivity contribution in [1.82, 2.24) is 30.6 Å². The highest BCUT2D eigenvalue weighted by atomic mass is 15.1. The molecule has 0 aliphatic carbocycles. The Hall–Kier alpha value is -3.40. The molecule has 2 saturated heterocycles. The zero-order chi connectivity index (χ0) is 22.9. The molecule has 6 rings (SSSR count). The summed E-state index contributed by atoms with van der Waals surface area (Å²) in [5.41, 5.74) is 7.41. The van der Waals surface area contributed by atoms with Gasteiger partial charge in [0.1, 0.15) is 11.6 Å². The fourth-order valence-corrected chi connectivity index (χ4v) is 5.05. The number of imidazole rings is 2. The molecule has 0 unspecified atom stereocenters. The Bertz CT molecular complexity index is 1360. The van der Waals surface area contributed by atoms with Crippen molar-refractivity contribution < 1.29 is 0 Å². The van der Waals surface area contributed by atoms with Gasteiger partial charge in [0.05, 0.1) is 28.8 Å². The van der Waals surface area contributed by atoms with Crippen molar-refractivity contribution in [2.24, 2.45) is 0 Å². The Balaban J connectivity index is 1.21. The van der Waals surface area contributed by atoms with E-state index in [1.165, 1.54) is 18.5 Å². The maximum Gasteiger partial charge on any atom is 0.124 e. The Kier molecular flexibility index (Phi) is 5.66. The van der Waals surface area contributed by atoms with E-state index in [0.29, 0.717) is 12.1 Å². The minimum atomic E-state index is 0.341. The van der Waals surface area contributed by atoms with E-state index in [9.17, 15) is 0 Å². The number of nitrogens with zero attached hydrogens (tertiary/aromatic N) is 2. The lowest BCUT2D eigenvalue weighted by molar-refractivity contribution is 0.611. The molecule has 2 atom stereocenters. The molecule has 6 nitrogen and oxygen atoms in total. The summed E-state index contributed by atoms with van der Waals surface area (Å²) in [7, 11) is 0. The summed E-state index contributed by atoms with van der Waals surface area (Å²) >= 11 is 0. The number of hydrogen-bond donors (Lipinski definition) is 4. The van der Waals surface area contributed by atoms with Crippen molar-refractivity contribution >= 4 is 11.0 Å². The predicted molar refractivity (Wildman–Crippen MR) is 135 cm³/mol. The van der Waals surface area contributed by atoms with Crippen molar-refractivity contribution in [3.8, 4) is 23.1 Å². The number of nitrogens with one attached hydrogen (secondary N) is 4. The van der Waals surface area contributed by atoms with Gasteiger partial charge >= 0.3 is 0 Å². The summed E-state index contributed by atoms with van der Waals surface area (Å²) < 4.78 is 0. The lowest BCUT2D eigenvalue weighted by Crippen LogP contribution is -2.14. The zero-order valence-corrected chi connectivity index (χ0v) is 19.5. The van der Waals surface area contributed by atoms with Gasteiger partial charge in [-0.2, -0.15) is 0 Å². The number of benzene rings is 2. The fourth-order valence-electron chi connectivity index (χ4n) is 5.05. The van der Waals surface area contributed by atoms with E-state index in [4.69, 9.17) is 9.97 Å². The maximum atomic E-state index is 4.95. The average Bonchev–Trinajstić information content (AvgIpc) is 3.68. The molecule has 4 aromatic rings. The molecule has 6 heteroatoms. The monoisotopic (exact) mass is 450 g/mol. The summed E-state index contributed by atoms with van der Waals surface area (Å²) in [6.45, 7) is 4.31. The second kappa shape index (κ2) is 9.09. The predicted octanol–water partition coefficient (Wildman–Crippen LogP) is 4.76. The van der Waals surface area contributed by atoms with Gasteiger partial charge in [-0.05, 0) is 75.5 Å². The third-order valence-electron chi connectivity index (χ3n) is 6.94. The van der Waals surface area contributed by atoms with Gasteiger partial charge in [0.25, 0.3) is 0 Å². The first-order chi connectivity index (χ1) is 16.8. The van der Waals surface area contributed by atoms with E-state index in [2.05, 4.69) is 75.8 Å². The molecule has 2 aromatic carbocycles. The third-order valence-corrected chi connectivity index (χ3v) is 6.94. The van der Waals surface area contributed by atoms with E-state index >= 15 is 0 Å². The summed E-state index contributed by atoms with van der Waals surface area (Å²) in [5, 5.41) is 7.04. The van der Waals surface area contributed by atoms with Crippen molar-refractivity contribution in [2.45, 2.75) is 51.1 Å². The second-order valence-corrected chi connectivity index (χ2v) is 9.28. The molecule has 34 heavy (non-hydrogen) atoms. The number of aromatic amines is 2. The lowest BCUT2D eigenvalue weighted by Gasteiger charge is -2.05. The molecular formula is C28H30N6. The summed E-state index contributed by atoms with van der Waals surface area (Å²) in [4.78, 5) is 16.7. The number of aromatic nitrogens is 4. The summed E-state index contributed by atoms with van der Waals surface area (Å²) in [6, 6.07) is 15.3. The topological polar surface area (TPSA) is 81.4 Å². The molecule has 0 radical (unpaired) electrons. The van der Waals surface area contributed by atoms with Crippen LogP contribution in [0.4, 0.5) is 0 Å². The number of rotatable bonds is 4. The van der Waals surface area contributed by atoms with E-state index in [1.807, 2.05) is 6.07 Å². The number of aryl methyl sites for hydroxylation is 1. The van der Waals surface area contributed by atoms with Crippen LogP contribution in [0.2, 0.25) is 0 Å². The van der Waals surface area contributed by atoms with Crippen molar-refractivity contribution in [3.05, 3.63) is 70.9 Å². The molecule has 2 aromatic heterocycles. The van der Waals surface area contributed by atoms with Crippen LogP contribution in [0.3, 0.4) is 0 Å². The Morgan fingerprint density at radius 1 is 0.824 bits per heavy atom. The summed E-state index contributed by atoms with van der Waals surface area (Å²) in [6.07, 6.45) is 5.63. The van der Waals surface area contributed by atoms with Crippen molar-refractivity contribution in [3.63, 3.8) is 0 Å². The van der Waals surface area contributed by atoms with E-state index in [-0.39, 0.29) is 0 Å². The average molecular weight is 451 g/mol. The molecule has 4 N–H and O–H groups in total. The molecule has 0 saturated carbocycles. The molecule has 4 heterocycles. The van der Waals surface area contributed by atoms with Crippen LogP contribution >= 0.6 is 0 Å². The first kappa shape index (κ1) is 21.2. The van der Waals surface area contributed by atoms with Crippen LogP contribution < -0.4 is 10.6 Å². The Morgan fingerprint density at radius 3 is 2.18 bits per heavy atom. The van der Waals surface area contributed by atoms with Gasteiger partial charge in [-0.1, -0.05) is 30.9 Å². The zero-order valence-electron chi connectivity index (χ0n) is 19.5. The maximum absolute atomic E-state index is 4.95. The first-order valence-electron chi connectivity index (χ1n) is 12.4. The molecule has 0 amide bonds. The molecule has 0 spiro atoms. The molecule has 2 aliphatic rings. The van der Waals surface area contributed by atoms with E-state index < -0.39 is 0 Å². The van der Waals surface area contributed by atoms with Crippen molar-refractivity contribution in [1.29, 1.82) is 0 Å². The van der Waals surface area contributed by atoms with Gasteiger partial charge in [0, 0.05) is 22.4 Å². The highest BCUT2D eigenvalue weighted by Gasteiger charge is 2.22. The highest BCUT2D eigenvalue weighted by Crippen LogP contribution is 2.28. The highest BCUT2D eigenvalue weighted by molar-refractivity contribution is 5.77. The number of fused-ring (bicyclic) bond motifs is 1. The van der Waals surface area contributed by atoms with Gasteiger partial charge in [-0.15, -0.1) is 0 Å². The first-order valence-corrected chi connectivity index (χ1v) is 12.4. The standard InChI is InChI=1S/C28H30N6/c1-2-21-26(34-28(31-21)24-6-4-16-30-24)20-12-9-18(10-13-20)7-8-19-11-14-22-25(17-19)33-27(32-22)23-5-3-15-29-23/h9-14,17,23-24,29-30H,2-6,15-16H2,1H3,(H,31,34)(H,32,33)/t23-,24-/m0/s1. The Labute approximate surface area is 200 Å². The minimum absolute atomic E-state index is 0.341. The fraction of sp³-hybridized carbons (Fsp3) is 0.357.